The van der Waals surface area contributed by atoms with Gasteiger partial charge in [0.15, 0.2) is 0 Å². The second kappa shape index (κ2) is 8.86. The molecule has 9 nitrogen and oxygen atoms in total. The maximum absolute atomic E-state index is 14.2. The number of pyridine rings is 1. The average Bonchev–Trinajstić information content (AvgIpc) is 3.42. The summed E-state index contributed by atoms with van der Waals surface area (Å²) >= 11 is 13.1. The van der Waals surface area contributed by atoms with Crippen molar-refractivity contribution in [2.75, 3.05) is 31.0 Å². The molecule has 1 aromatic carbocycles. The van der Waals surface area contributed by atoms with Crippen molar-refractivity contribution < 1.29 is 9.53 Å². The summed E-state index contributed by atoms with van der Waals surface area (Å²) in [5, 5.41) is 0.564. The van der Waals surface area contributed by atoms with Gasteiger partial charge in [-0.05, 0) is 43.2 Å². The molecule has 0 fully saturated rings. The number of nitrogens with zero attached hydrogens (tertiary/aromatic N) is 6. The van der Waals surface area contributed by atoms with Crippen molar-refractivity contribution in [2.24, 2.45) is 7.05 Å². The first-order chi connectivity index (χ1) is 18.5. The standard InChI is InChI=1S/C28H26Cl2N6O3/c1-13(2)35-19(18-11-31-28(33(3)4)32-25(18)39-6)10-17-24(35)23-15-8-7-14(29)9-16(15)21-20(36(23)26(17)37)12-34(5)27(38)22(21)30/h7-13,23H,1-6H3. The average molecular weight is 565 g/mol. The lowest BCUT2D eigenvalue weighted by molar-refractivity contribution is 0.0993. The van der Waals surface area contributed by atoms with Gasteiger partial charge in [0.05, 0.1) is 35.3 Å². The molecule has 0 spiro atoms. The minimum atomic E-state index is -0.454. The van der Waals surface area contributed by atoms with Crippen LogP contribution in [0.3, 0.4) is 0 Å². The van der Waals surface area contributed by atoms with Crippen LogP contribution in [0.25, 0.3) is 22.4 Å². The largest absolute Gasteiger partial charge is 0.480 e. The van der Waals surface area contributed by atoms with Crippen molar-refractivity contribution in [3.63, 3.8) is 0 Å². The highest BCUT2D eigenvalue weighted by molar-refractivity contribution is 6.35. The fraction of sp³-hybridized carbons (Fsp3) is 0.286. The smallest absolute Gasteiger partial charge is 0.269 e. The molecular formula is C28H26Cl2N6O3. The first-order valence-electron chi connectivity index (χ1n) is 12.4. The van der Waals surface area contributed by atoms with E-state index < -0.39 is 6.04 Å². The highest BCUT2D eigenvalue weighted by Gasteiger charge is 2.48. The van der Waals surface area contributed by atoms with Gasteiger partial charge in [-0.3, -0.25) is 14.5 Å². The van der Waals surface area contributed by atoms with Gasteiger partial charge in [-0.1, -0.05) is 29.3 Å². The lowest BCUT2D eigenvalue weighted by Gasteiger charge is -2.36. The molecule has 200 valence electrons. The topological polar surface area (TPSA) is 85.5 Å². The van der Waals surface area contributed by atoms with Gasteiger partial charge in [0.2, 0.25) is 11.8 Å². The van der Waals surface area contributed by atoms with Crippen molar-refractivity contribution >= 4 is 40.7 Å². The predicted octanol–water partition coefficient (Wildman–Crippen LogP) is 5.34. The summed E-state index contributed by atoms with van der Waals surface area (Å²) in [6.45, 7) is 4.14. The van der Waals surface area contributed by atoms with E-state index in [0.717, 1.165) is 22.5 Å². The zero-order chi connectivity index (χ0) is 27.9. The van der Waals surface area contributed by atoms with Gasteiger partial charge >= 0.3 is 0 Å². The SMILES string of the molecule is COc1nc(N(C)C)ncc1-c1cc2c(n1C(C)C)C1c3ccc(Cl)cc3-c3c(cn(C)c(=O)c3Cl)N1C2=O. The number of hydrogen-bond donors (Lipinski definition) is 0. The Kier molecular flexibility index (Phi) is 5.78. The minimum Gasteiger partial charge on any atom is -0.480 e. The molecule has 0 radical (unpaired) electrons. The highest BCUT2D eigenvalue weighted by Crippen LogP contribution is 2.55. The van der Waals surface area contributed by atoms with Gasteiger partial charge < -0.3 is 18.8 Å². The summed E-state index contributed by atoms with van der Waals surface area (Å²) in [5.41, 5.74) is 5.17. The molecular weight excluding hydrogens is 539 g/mol. The van der Waals surface area contributed by atoms with E-state index in [1.165, 1.54) is 4.57 Å². The van der Waals surface area contributed by atoms with Gasteiger partial charge in [-0.2, -0.15) is 4.98 Å². The second-order valence-corrected chi connectivity index (χ2v) is 11.0. The Morgan fingerprint density at radius 3 is 2.49 bits per heavy atom. The number of carbonyl (C=O) groups is 1. The highest BCUT2D eigenvalue weighted by atomic mass is 35.5. The number of benzene rings is 1. The minimum absolute atomic E-state index is 0.0180. The fourth-order valence-electron chi connectivity index (χ4n) is 5.67. The van der Waals surface area contributed by atoms with Crippen LogP contribution in [0.15, 0.2) is 41.5 Å². The lowest BCUT2D eigenvalue weighted by atomic mass is 9.88. The van der Waals surface area contributed by atoms with E-state index in [1.54, 1.807) is 48.5 Å². The van der Waals surface area contributed by atoms with Crippen LogP contribution in [0.2, 0.25) is 10.0 Å². The molecule has 0 bridgehead atoms. The Morgan fingerprint density at radius 2 is 1.82 bits per heavy atom. The number of halogens is 2. The van der Waals surface area contributed by atoms with Crippen molar-refractivity contribution in [2.45, 2.75) is 25.9 Å². The molecule has 0 saturated heterocycles. The maximum atomic E-state index is 14.2. The van der Waals surface area contributed by atoms with E-state index in [9.17, 15) is 9.59 Å². The molecule has 2 aliphatic heterocycles. The van der Waals surface area contributed by atoms with Crippen molar-refractivity contribution in [3.8, 4) is 28.3 Å². The molecule has 0 N–H and O–H groups in total. The van der Waals surface area contributed by atoms with Crippen LogP contribution < -0.4 is 20.1 Å². The van der Waals surface area contributed by atoms with Gasteiger partial charge in [0, 0.05) is 50.2 Å². The summed E-state index contributed by atoms with van der Waals surface area (Å²) < 4.78 is 9.21. The Balaban J connectivity index is 1.65. The zero-order valence-corrected chi connectivity index (χ0v) is 23.8. The molecule has 39 heavy (non-hydrogen) atoms. The number of fused-ring (bicyclic) bond motifs is 8. The summed E-state index contributed by atoms with van der Waals surface area (Å²) in [6.07, 6.45) is 3.40. The first kappa shape index (κ1) is 25.5. The van der Waals surface area contributed by atoms with Crippen molar-refractivity contribution in [1.29, 1.82) is 0 Å². The van der Waals surface area contributed by atoms with E-state index in [0.29, 0.717) is 39.2 Å². The molecule has 1 amide bonds. The normalized spacial score (nSPS) is 15.3. The van der Waals surface area contributed by atoms with Gasteiger partial charge in [0.25, 0.3) is 11.5 Å². The summed E-state index contributed by atoms with van der Waals surface area (Å²) in [5.74, 6) is 0.751. The van der Waals surface area contributed by atoms with E-state index in [4.69, 9.17) is 27.9 Å². The number of carbonyl (C=O) groups excluding carboxylic acids is 1. The quantitative estimate of drug-likeness (QED) is 0.332. The number of rotatable bonds is 4. The van der Waals surface area contributed by atoms with E-state index in [-0.39, 0.29) is 22.5 Å². The number of aryl methyl sites for hydroxylation is 1. The van der Waals surface area contributed by atoms with Crippen molar-refractivity contribution in [3.05, 3.63) is 73.9 Å². The van der Waals surface area contributed by atoms with Crippen molar-refractivity contribution in [1.82, 2.24) is 19.1 Å². The summed E-state index contributed by atoms with van der Waals surface area (Å²) in [4.78, 5) is 39.6. The summed E-state index contributed by atoms with van der Waals surface area (Å²) in [7, 11) is 6.92. The van der Waals surface area contributed by atoms with Crippen LogP contribution in [0.5, 0.6) is 5.88 Å². The fourth-order valence-corrected chi connectivity index (χ4v) is 6.17. The molecule has 2 aliphatic rings. The molecule has 0 saturated carbocycles. The predicted molar refractivity (Wildman–Crippen MR) is 153 cm³/mol. The molecule has 1 unspecified atom stereocenters. The van der Waals surface area contributed by atoms with Crippen LogP contribution in [-0.4, -0.2) is 46.2 Å². The van der Waals surface area contributed by atoms with Crippen LogP contribution in [-0.2, 0) is 7.05 Å². The van der Waals surface area contributed by atoms with Gasteiger partial charge in [-0.25, -0.2) is 4.98 Å². The van der Waals surface area contributed by atoms with Crippen LogP contribution in [0, 0.1) is 0 Å². The molecule has 0 aliphatic carbocycles. The molecule has 6 rings (SSSR count). The van der Waals surface area contributed by atoms with Gasteiger partial charge in [-0.15, -0.1) is 0 Å². The number of hydrogen-bond acceptors (Lipinski definition) is 6. The third-order valence-corrected chi connectivity index (χ3v) is 7.89. The Morgan fingerprint density at radius 1 is 1.08 bits per heavy atom. The van der Waals surface area contributed by atoms with E-state index in [2.05, 4.69) is 28.4 Å². The first-order valence-corrected chi connectivity index (χ1v) is 13.2. The Hall–Kier alpha value is -3.82. The lowest BCUT2D eigenvalue weighted by Crippen LogP contribution is -2.35. The summed E-state index contributed by atoms with van der Waals surface area (Å²) in [6, 6.07) is 6.91. The molecule has 1 atom stereocenters. The molecule has 3 aromatic heterocycles. The van der Waals surface area contributed by atoms with Crippen LogP contribution in [0.1, 0.15) is 47.5 Å². The maximum Gasteiger partial charge on any atom is 0.269 e. The number of methoxy groups -OCH3 is 1. The molecule has 11 heteroatoms. The zero-order valence-electron chi connectivity index (χ0n) is 22.3. The van der Waals surface area contributed by atoms with Gasteiger partial charge in [0.1, 0.15) is 11.1 Å². The monoisotopic (exact) mass is 564 g/mol. The number of ether oxygens (including phenoxy) is 1. The molecule has 5 heterocycles. The van der Waals surface area contributed by atoms with E-state index >= 15 is 0 Å². The van der Waals surface area contributed by atoms with E-state index in [1.807, 2.05) is 26.2 Å². The molecule has 4 aromatic rings. The third kappa shape index (κ3) is 3.53. The number of anilines is 2. The number of aromatic nitrogens is 4. The second-order valence-electron chi connectivity index (χ2n) is 10.2. The third-order valence-electron chi connectivity index (χ3n) is 7.31. The van der Waals surface area contributed by atoms with Crippen LogP contribution in [0.4, 0.5) is 11.6 Å². The Labute approximate surface area is 235 Å². The Bertz CT molecular complexity index is 1760. The van der Waals surface area contributed by atoms with Crippen LogP contribution >= 0.6 is 23.2 Å². The number of amides is 1.